The SMILES string of the molecule is CCCNC(COC1CCCC(C)C1)C1CCCC1. The highest BCUT2D eigenvalue weighted by Crippen LogP contribution is 2.30. The summed E-state index contributed by atoms with van der Waals surface area (Å²) in [5.41, 5.74) is 0. The molecule has 0 aliphatic heterocycles. The van der Waals surface area contributed by atoms with Crippen LogP contribution in [0.3, 0.4) is 0 Å². The second-order valence-electron chi connectivity index (χ2n) is 6.83. The lowest BCUT2D eigenvalue weighted by Crippen LogP contribution is -2.41. The normalized spacial score (nSPS) is 30.6. The molecule has 0 aromatic heterocycles. The van der Waals surface area contributed by atoms with Crippen LogP contribution >= 0.6 is 0 Å². The average Bonchev–Trinajstić information content (AvgIpc) is 2.93. The Kier molecular flexibility index (Phi) is 6.66. The summed E-state index contributed by atoms with van der Waals surface area (Å²) < 4.78 is 6.26. The molecule has 0 aromatic rings. The number of nitrogens with one attached hydrogen (secondary N) is 1. The van der Waals surface area contributed by atoms with E-state index in [4.69, 9.17) is 4.74 Å². The van der Waals surface area contributed by atoms with Crippen molar-refractivity contribution in [3.8, 4) is 0 Å². The van der Waals surface area contributed by atoms with E-state index in [0.717, 1.165) is 25.0 Å². The van der Waals surface area contributed by atoms with Crippen molar-refractivity contribution < 1.29 is 4.74 Å². The molecule has 19 heavy (non-hydrogen) atoms. The highest BCUT2D eigenvalue weighted by molar-refractivity contribution is 4.81. The predicted octanol–water partition coefficient (Wildman–Crippen LogP) is 4.14. The minimum Gasteiger partial charge on any atom is -0.377 e. The van der Waals surface area contributed by atoms with Crippen LogP contribution in [0, 0.1) is 11.8 Å². The van der Waals surface area contributed by atoms with Crippen LogP contribution in [0.1, 0.15) is 71.6 Å². The lowest BCUT2D eigenvalue weighted by atomic mass is 9.88. The van der Waals surface area contributed by atoms with E-state index in [1.807, 2.05) is 0 Å². The molecule has 0 radical (unpaired) electrons. The number of hydrogen-bond acceptors (Lipinski definition) is 2. The van der Waals surface area contributed by atoms with Crippen LogP contribution in [0.2, 0.25) is 0 Å². The van der Waals surface area contributed by atoms with E-state index >= 15 is 0 Å². The lowest BCUT2D eigenvalue weighted by Gasteiger charge is -2.30. The Morgan fingerprint density at radius 2 is 1.89 bits per heavy atom. The Morgan fingerprint density at radius 3 is 2.58 bits per heavy atom. The summed E-state index contributed by atoms with van der Waals surface area (Å²) in [6.07, 6.45) is 12.8. The van der Waals surface area contributed by atoms with Gasteiger partial charge in [0.15, 0.2) is 0 Å². The van der Waals surface area contributed by atoms with Crippen LogP contribution in [-0.2, 0) is 4.74 Å². The summed E-state index contributed by atoms with van der Waals surface area (Å²) in [5.74, 6) is 1.74. The van der Waals surface area contributed by atoms with Crippen molar-refractivity contribution in [2.75, 3.05) is 13.2 Å². The third-order valence-electron chi connectivity index (χ3n) is 5.03. The maximum Gasteiger partial charge on any atom is 0.0626 e. The average molecular weight is 267 g/mol. The Bertz CT molecular complexity index is 237. The molecule has 3 unspecified atom stereocenters. The minimum atomic E-state index is 0.538. The number of ether oxygens (including phenoxy) is 1. The largest absolute Gasteiger partial charge is 0.377 e. The van der Waals surface area contributed by atoms with Crippen LogP contribution < -0.4 is 5.32 Å². The van der Waals surface area contributed by atoms with Crippen molar-refractivity contribution in [3.05, 3.63) is 0 Å². The third-order valence-corrected chi connectivity index (χ3v) is 5.03. The van der Waals surface area contributed by atoms with Gasteiger partial charge in [0.1, 0.15) is 0 Å². The van der Waals surface area contributed by atoms with Crippen molar-refractivity contribution in [2.45, 2.75) is 83.8 Å². The molecule has 0 bridgehead atoms. The van der Waals surface area contributed by atoms with E-state index in [9.17, 15) is 0 Å². The summed E-state index contributed by atoms with van der Waals surface area (Å²) >= 11 is 0. The molecule has 2 nitrogen and oxygen atoms in total. The van der Waals surface area contributed by atoms with Crippen LogP contribution in [-0.4, -0.2) is 25.3 Å². The summed E-state index contributed by atoms with van der Waals surface area (Å²) in [4.78, 5) is 0. The van der Waals surface area contributed by atoms with Crippen LogP contribution in [0.25, 0.3) is 0 Å². The van der Waals surface area contributed by atoms with E-state index in [1.165, 1.54) is 57.8 Å². The highest BCUT2D eigenvalue weighted by atomic mass is 16.5. The van der Waals surface area contributed by atoms with Crippen LogP contribution in [0.15, 0.2) is 0 Å². The lowest BCUT2D eigenvalue weighted by molar-refractivity contribution is -0.00330. The molecule has 3 atom stereocenters. The van der Waals surface area contributed by atoms with Crippen LogP contribution in [0.5, 0.6) is 0 Å². The van der Waals surface area contributed by atoms with Gasteiger partial charge >= 0.3 is 0 Å². The van der Waals surface area contributed by atoms with E-state index in [0.29, 0.717) is 12.1 Å². The van der Waals surface area contributed by atoms with Gasteiger partial charge in [0, 0.05) is 6.04 Å². The van der Waals surface area contributed by atoms with Crippen molar-refractivity contribution in [2.24, 2.45) is 11.8 Å². The maximum atomic E-state index is 6.26. The van der Waals surface area contributed by atoms with Gasteiger partial charge in [-0.05, 0) is 50.5 Å². The minimum absolute atomic E-state index is 0.538. The number of rotatable bonds is 7. The zero-order valence-electron chi connectivity index (χ0n) is 13.0. The predicted molar refractivity (Wildman–Crippen MR) is 81.4 cm³/mol. The highest BCUT2D eigenvalue weighted by Gasteiger charge is 2.26. The summed E-state index contributed by atoms with van der Waals surface area (Å²) in [7, 11) is 0. The Hall–Kier alpha value is -0.0800. The first-order chi connectivity index (χ1) is 9.29. The van der Waals surface area contributed by atoms with Crippen molar-refractivity contribution in [3.63, 3.8) is 0 Å². The maximum absolute atomic E-state index is 6.26. The van der Waals surface area contributed by atoms with Gasteiger partial charge < -0.3 is 10.1 Å². The molecule has 2 aliphatic carbocycles. The standard InChI is InChI=1S/C17H33NO/c1-3-11-18-17(15-8-4-5-9-15)13-19-16-10-6-7-14(2)12-16/h14-18H,3-13H2,1-2H3. The molecule has 0 amide bonds. The Labute approximate surface area is 119 Å². The molecule has 2 rings (SSSR count). The third kappa shape index (κ3) is 5.07. The molecular weight excluding hydrogens is 234 g/mol. The van der Waals surface area contributed by atoms with Gasteiger partial charge in [0.25, 0.3) is 0 Å². The smallest absolute Gasteiger partial charge is 0.0626 e. The summed E-state index contributed by atoms with van der Waals surface area (Å²) in [6, 6.07) is 0.611. The fourth-order valence-corrected chi connectivity index (χ4v) is 3.82. The number of hydrogen-bond donors (Lipinski definition) is 1. The zero-order valence-corrected chi connectivity index (χ0v) is 13.0. The fourth-order valence-electron chi connectivity index (χ4n) is 3.82. The van der Waals surface area contributed by atoms with Crippen molar-refractivity contribution in [1.82, 2.24) is 5.32 Å². The van der Waals surface area contributed by atoms with Gasteiger partial charge in [-0.15, -0.1) is 0 Å². The monoisotopic (exact) mass is 267 g/mol. The summed E-state index contributed by atoms with van der Waals surface area (Å²) in [6.45, 7) is 6.72. The van der Waals surface area contributed by atoms with Gasteiger partial charge in [-0.1, -0.05) is 39.5 Å². The molecule has 2 saturated carbocycles. The molecule has 2 heteroatoms. The molecule has 1 N–H and O–H groups in total. The Balaban J connectivity index is 1.74. The van der Waals surface area contributed by atoms with Gasteiger partial charge in [0.05, 0.1) is 12.7 Å². The molecule has 0 saturated heterocycles. The first kappa shape index (κ1) is 15.3. The molecule has 112 valence electrons. The zero-order chi connectivity index (χ0) is 13.5. The van der Waals surface area contributed by atoms with Gasteiger partial charge in [0.2, 0.25) is 0 Å². The van der Waals surface area contributed by atoms with Crippen molar-refractivity contribution >= 4 is 0 Å². The molecule has 2 aliphatic rings. The van der Waals surface area contributed by atoms with E-state index in [1.54, 1.807) is 0 Å². The molecular formula is C17H33NO. The van der Waals surface area contributed by atoms with E-state index in [-0.39, 0.29) is 0 Å². The Morgan fingerprint density at radius 1 is 1.11 bits per heavy atom. The fraction of sp³-hybridized carbons (Fsp3) is 1.00. The van der Waals surface area contributed by atoms with Gasteiger partial charge in [-0.2, -0.15) is 0 Å². The first-order valence-corrected chi connectivity index (χ1v) is 8.64. The molecule has 0 heterocycles. The first-order valence-electron chi connectivity index (χ1n) is 8.64. The molecule has 2 fully saturated rings. The topological polar surface area (TPSA) is 21.3 Å². The van der Waals surface area contributed by atoms with E-state index in [2.05, 4.69) is 19.2 Å². The van der Waals surface area contributed by atoms with Crippen molar-refractivity contribution in [1.29, 1.82) is 0 Å². The van der Waals surface area contributed by atoms with Gasteiger partial charge in [-0.3, -0.25) is 0 Å². The van der Waals surface area contributed by atoms with Gasteiger partial charge in [-0.25, -0.2) is 0 Å². The quantitative estimate of drug-likeness (QED) is 0.748. The van der Waals surface area contributed by atoms with E-state index < -0.39 is 0 Å². The van der Waals surface area contributed by atoms with Crippen LogP contribution in [0.4, 0.5) is 0 Å². The molecule has 0 spiro atoms. The second-order valence-corrected chi connectivity index (χ2v) is 6.83. The summed E-state index contributed by atoms with van der Waals surface area (Å²) in [5, 5.41) is 3.74. The second kappa shape index (κ2) is 8.26. The molecule has 0 aromatic carbocycles.